The van der Waals surface area contributed by atoms with Gasteiger partial charge in [0, 0.05) is 11.8 Å². The summed E-state index contributed by atoms with van der Waals surface area (Å²) in [6.07, 6.45) is 1.75. The second-order valence-electron chi connectivity index (χ2n) is 5.38. The summed E-state index contributed by atoms with van der Waals surface area (Å²) in [6, 6.07) is 5.05. The molecule has 132 valence electrons. The van der Waals surface area contributed by atoms with Crippen LogP contribution in [0.4, 0.5) is 5.69 Å². The average molecular weight is 335 g/mol. The Labute approximate surface area is 142 Å². The Morgan fingerprint density at radius 1 is 1.12 bits per heavy atom. The van der Waals surface area contributed by atoms with Crippen molar-refractivity contribution in [2.45, 2.75) is 33.6 Å². The lowest BCUT2D eigenvalue weighted by atomic mass is 9.97. The predicted molar refractivity (Wildman–Crippen MR) is 92.0 cm³/mol. The third kappa shape index (κ3) is 5.37. The van der Waals surface area contributed by atoms with Crippen LogP contribution < -0.4 is 4.74 Å². The van der Waals surface area contributed by atoms with Gasteiger partial charge < -0.3 is 14.2 Å². The first-order valence-corrected chi connectivity index (χ1v) is 7.99. The summed E-state index contributed by atoms with van der Waals surface area (Å²) in [5.41, 5.74) is 0.916. The summed E-state index contributed by atoms with van der Waals surface area (Å²) in [5, 5.41) is 0. The lowest BCUT2D eigenvalue weighted by Crippen LogP contribution is -2.26. The first-order valence-electron chi connectivity index (χ1n) is 7.99. The molecular weight excluding hydrogens is 310 g/mol. The van der Waals surface area contributed by atoms with E-state index in [1.54, 1.807) is 38.3 Å². The lowest BCUT2D eigenvalue weighted by Gasteiger charge is -2.17. The maximum Gasteiger partial charge on any atom is 0.324 e. The Hall–Kier alpha value is -2.37. The Balaban J connectivity index is 3.41. The first-order chi connectivity index (χ1) is 11.4. The number of aliphatic imine (C=N–C) groups is 1. The summed E-state index contributed by atoms with van der Waals surface area (Å²) < 4.78 is 15.3. The highest BCUT2D eigenvalue weighted by Crippen LogP contribution is 2.33. The van der Waals surface area contributed by atoms with Crippen LogP contribution in [0.2, 0.25) is 0 Å². The molecule has 0 N–H and O–H groups in total. The molecule has 0 aliphatic carbocycles. The molecule has 0 aromatic heterocycles. The van der Waals surface area contributed by atoms with Crippen molar-refractivity contribution in [2.75, 3.05) is 20.3 Å². The Kier molecular flexibility index (Phi) is 7.95. The molecule has 1 aromatic rings. The van der Waals surface area contributed by atoms with E-state index in [0.717, 1.165) is 0 Å². The van der Waals surface area contributed by atoms with E-state index >= 15 is 0 Å². The highest BCUT2D eigenvalue weighted by molar-refractivity contribution is 6.02. The number of nitrogens with zero attached hydrogens (tertiary/aromatic N) is 1. The Morgan fingerprint density at radius 2 is 1.71 bits per heavy atom. The molecule has 6 heteroatoms. The van der Waals surface area contributed by atoms with E-state index in [-0.39, 0.29) is 19.1 Å². The monoisotopic (exact) mass is 335 g/mol. The molecule has 0 unspecified atom stereocenters. The van der Waals surface area contributed by atoms with E-state index in [1.165, 1.54) is 7.11 Å². The minimum Gasteiger partial charge on any atom is -0.497 e. The van der Waals surface area contributed by atoms with Crippen LogP contribution in [0, 0.1) is 5.92 Å². The maximum absolute atomic E-state index is 12.3. The number of hydrogen-bond donors (Lipinski definition) is 0. The maximum atomic E-state index is 12.3. The van der Waals surface area contributed by atoms with Gasteiger partial charge in [0.15, 0.2) is 5.92 Å². The van der Waals surface area contributed by atoms with E-state index < -0.39 is 17.9 Å². The SMILES string of the molecule is CCOC(=O)C(C(=O)OCC)c1cc(OC)ccc1N=CC(C)C. The quantitative estimate of drug-likeness (QED) is 0.414. The molecule has 1 aromatic carbocycles. The van der Waals surface area contributed by atoms with Crippen molar-refractivity contribution in [2.24, 2.45) is 10.9 Å². The van der Waals surface area contributed by atoms with E-state index in [9.17, 15) is 9.59 Å². The number of hydrogen-bond acceptors (Lipinski definition) is 6. The van der Waals surface area contributed by atoms with Crippen molar-refractivity contribution in [3.05, 3.63) is 23.8 Å². The van der Waals surface area contributed by atoms with Gasteiger partial charge in [0.2, 0.25) is 0 Å². The standard InChI is InChI=1S/C18H25NO5/c1-6-23-17(20)16(18(21)24-7-2)14-10-13(22-5)8-9-15(14)19-11-12(3)4/h8-12,16H,6-7H2,1-5H3. The molecule has 0 saturated heterocycles. The van der Waals surface area contributed by atoms with Gasteiger partial charge in [0.1, 0.15) is 5.75 Å². The fourth-order valence-corrected chi connectivity index (χ4v) is 2.04. The highest BCUT2D eigenvalue weighted by atomic mass is 16.6. The molecule has 6 nitrogen and oxygen atoms in total. The Bertz CT molecular complexity index is 577. The highest BCUT2D eigenvalue weighted by Gasteiger charge is 2.33. The smallest absolute Gasteiger partial charge is 0.324 e. The number of rotatable bonds is 8. The van der Waals surface area contributed by atoms with Gasteiger partial charge in [-0.15, -0.1) is 0 Å². The van der Waals surface area contributed by atoms with Crippen molar-refractivity contribution in [1.29, 1.82) is 0 Å². The lowest BCUT2D eigenvalue weighted by molar-refractivity contribution is -0.156. The van der Waals surface area contributed by atoms with Crippen LogP contribution in [0.1, 0.15) is 39.2 Å². The van der Waals surface area contributed by atoms with Crippen molar-refractivity contribution >= 4 is 23.8 Å². The van der Waals surface area contributed by atoms with E-state index in [2.05, 4.69) is 4.99 Å². The fourth-order valence-electron chi connectivity index (χ4n) is 2.04. The third-order valence-electron chi connectivity index (χ3n) is 3.10. The molecular formula is C18H25NO5. The molecule has 1 rings (SSSR count). The predicted octanol–water partition coefficient (Wildman–Crippen LogP) is 3.26. The van der Waals surface area contributed by atoms with Crippen LogP contribution in [0.5, 0.6) is 5.75 Å². The summed E-state index contributed by atoms with van der Waals surface area (Å²) in [4.78, 5) is 29.1. The van der Waals surface area contributed by atoms with Gasteiger partial charge in [-0.05, 0) is 38.0 Å². The fraction of sp³-hybridized carbons (Fsp3) is 0.500. The van der Waals surface area contributed by atoms with Gasteiger partial charge in [-0.1, -0.05) is 13.8 Å². The summed E-state index contributed by atoms with van der Waals surface area (Å²) in [5.74, 6) is -1.77. The number of carbonyl (C=O) groups is 2. The zero-order valence-electron chi connectivity index (χ0n) is 14.9. The minimum atomic E-state index is -1.20. The molecule has 0 amide bonds. The van der Waals surface area contributed by atoms with Gasteiger partial charge in [0.25, 0.3) is 0 Å². The second-order valence-corrected chi connectivity index (χ2v) is 5.38. The van der Waals surface area contributed by atoms with Crippen LogP contribution in [0.3, 0.4) is 0 Å². The van der Waals surface area contributed by atoms with Crippen molar-refractivity contribution in [3.8, 4) is 5.75 Å². The third-order valence-corrected chi connectivity index (χ3v) is 3.10. The zero-order valence-corrected chi connectivity index (χ0v) is 14.9. The molecule has 0 radical (unpaired) electrons. The van der Waals surface area contributed by atoms with Crippen LogP contribution in [-0.4, -0.2) is 38.5 Å². The zero-order chi connectivity index (χ0) is 18.1. The summed E-state index contributed by atoms with van der Waals surface area (Å²) >= 11 is 0. The van der Waals surface area contributed by atoms with Crippen molar-refractivity contribution in [3.63, 3.8) is 0 Å². The molecule has 0 spiro atoms. The van der Waals surface area contributed by atoms with Crippen molar-refractivity contribution in [1.82, 2.24) is 0 Å². The van der Waals surface area contributed by atoms with Gasteiger partial charge in [0.05, 0.1) is 26.0 Å². The minimum absolute atomic E-state index is 0.170. The number of carbonyl (C=O) groups excluding carboxylic acids is 2. The molecule has 0 atom stereocenters. The number of methoxy groups -OCH3 is 1. The van der Waals surface area contributed by atoms with Crippen LogP contribution in [0.25, 0.3) is 0 Å². The van der Waals surface area contributed by atoms with Gasteiger partial charge >= 0.3 is 11.9 Å². The van der Waals surface area contributed by atoms with Crippen LogP contribution in [0.15, 0.2) is 23.2 Å². The van der Waals surface area contributed by atoms with Crippen LogP contribution >= 0.6 is 0 Å². The molecule has 0 aliphatic rings. The largest absolute Gasteiger partial charge is 0.497 e. The number of esters is 2. The second kappa shape index (κ2) is 9.70. The van der Waals surface area contributed by atoms with E-state index in [0.29, 0.717) is 17.0 Å². The first kappa shape index (κ1) is 19.7. The van der Waals surface area contributed by atoms with Gasteiger partial charge in [-0.2, -0.15) is 0 Å². The Morgan fingerprint density at radius 3 is 2.17 bits per heavy atom. The summed E-state index contributed by atoms with van der Waals surface area (Å²) in [6.45, 7) is 7.68. The van der Waals surface area contributed by atoms with E-state index in [4.69, 9.17) is 14.2 Å². The average Bonchev–Trinajstić information content (AvgIpc) is 2.54. The van der Waals surface area contributed by atoms with Gasteiger partial charge in [-0.25, -0.2) is 0 Å². The van der Waals surface area contributed by atoms with Crippen LogP contribution in [-0.2, 0) is 19.1 Å². The topological polar surface area (TPSA) is 74.2 Å². The van der Waals surface area contributed by atoms with Gasteiger partial charge in [-0.3, -0.25) is 14.6 Å². The molecule has 0 aliphatic heterocycles. The summed E-state index contributed by atoms with van der Waals surface area (Å²) in [7, 11) is 1.51. The molecule has 0 heterocycles. The molecule has 0 bridgehead atoms. The normalized spacial score (nSPS) is 11.1. The van der Waals surface area contributed by atoms with Crippen molar-refractivity contribution < 1.29 is 23.8 Å². The molecule has 0 fully saturated rings. The number of benzene rings is 1. The van der Waals surface area contributed by atoms with E-state index in [1.807, 2.05) is 13.8 Å². The molecule has 0 saturated carbocycles. The number of ether oxygens (including phenoxy) is 3. The molecule has 24 heavy (non-hydrogen) atoms.